The van der Waals surface area contributed by atoms with Crippen LogP contribution in [0.1, 0.15) is 21.5 Å². The largest absolute Gasteiger partial charge is 0.416 e. The molecule has 4 nitrogen and oxygen atoms in total. The molecular formula is C17H14F4N2O2. The number of carbonyl (C=O) groups excluding carboxylic acids is 2. The van der Waals surface area contributed by atoms with Crippen molar-refractivity contribution >= 4 is 11.8 Å². The fraction of sp³-hybridized carbons (Fsp3) is 0.176. The van der Waals surface area contributed by atoms with Crippen molar-refractivity contribution in [3.63, 3.8) is 0 Å². The molecule has 0 aliphatic carbocycles. The molecule has 0 unspecified atom stereocenters. The highest BCUT2D eigenvalue weighted by molar-refractivity contribution is 5.97. The zero-order valence-corrected chi connectivity index (χ0v) is 12.8. The number of carbonyl (C=O) groups is 2. The molecule has 0 saturated carbocycles. The number of alkyl halides is 3. The molecular weight excluding hydrogens is 340 g/mol. The van der Waals surface area contributed by atoms with E-state index in [9.17, 15) is 27.2 Å². The highest BCUT2D eigenvalue weighted by Crippen LogP contribution is 2.32. The van der Waals surface area contributed by atoms with Crippen molar-refractivity contribution in [2.75, 3.05) is 0 Å². The Balaban J connectivity index is 2.21. The van der Waals surface area contributed by atoms with Crippen molar-refractivity contribution in [3.05, 3.63) is 71.0 Å². The van der Waals surface area contributed by atoms with Crippen molar-refractivity contribution in [1.82, 2.24) is 5.32 Å². The molecule has 0 bridgehead atoms. The summed E-state index contributed by atoms with van der Waals surface area (Å²) >= 11 is 0. The van der Waals surface area contributed by atoms with Crippen LogP contribution in [-0.4, -0.2) is 17.9 Å². The van der Waals surface area contributed by atoms with Gasteiger partial charge in [0.15, 0.2) is 0 Å². The quantitative estimate of drug-likeness (QED) is 0.811. The van der Waals surface area contributed by atoms with Gasteiger partial charge in [-0.2, -0.15) is 13.2 Å². The third-order valence-electron chi connectivity index (χ3n) is 3.50. The Morgan fingerprint density at radius 2 is 1.64 bits per heavy atom. The Bertz CT molecular complexity index is 773. The molecule has 2 amide bonds. The number of benzene rings is 2. The Labute approximate surface area is 140 Å². The molecule has 0 aliphatic heterocycles. The van der Waals surface area contributed by atoms with Crippen LogP contribution in [0, 0.1) is 5.82 Å². The molecule has 0 saturated heterocycles. The smallest absolute Gasteiger partial charge is 0.368 e. The average Bonchev–Trinajstić information content (AvgIpc) is 2.54. The highest BCUT2D eigenvalue weighted by Gasteiger charge is 2.34. The minimum atomic E-state index is -4.60. The van der Waals surface area contributed by atoms with Gasteiger partial charge in [0.25, 0.3) is 5.91 Å². The minimum Gasteiger partial charge on any atom is -0.368 e. The average molecular weight is 354 g/mol. The summed E-state index contributed by atoms with van der Waals surface area (Å²) in [6, 6.07) is 7.84. The summed E-state index contributed by atoms with van der Waals surface area (Å²) in [6.45, 7) is 0. The topological polar surface area (TPSA) is 72.2 Å². The molecule has 0 aromatic heterocycles. The number of rotatable bonds is 5. The highest BCUT2D eigenvalue weighted by atomic mass is 19.4. The van der Waals surface area contributed by atoms with Gasteiger partial charge in [-0.3, -0.25) is 9.59 Å². The first kappa shape index (κ1) is 18.4. The minimum absolute atomic E-state index is 0.0526. The van der Waals surface area contributed by atoms with Gasteiger partial charge in [-0.25, -0.2) is 4.39 Å². The van der Waals surface area contributed by atoms with Crippen molar-refractivity contribution in [3.8, 4) is 0 Å². The van der Waals surface area contributed by atoms with E-state index in [1.165, 1.54) is 30.3 Å². The van der Waals surface area contributed by atoms with Crippen LogP contribution in [0.5, 0.6) is 0 Å². The van der Waals surface area contributed by atoms with Crippen molar-refractivity contribution in [2.24, 2.45) is 5.73 Å². The van der Waals surface area contributed by atoms with Gasteiger partial charge in [0.1, 0.15) is 11.9 Å². The first-order valence-electron chi connectivity index (χ1n) is 7.19. The molecule has 1 atom stereocenters. The predicted molar refractivity (Wildman–Crippen MR) is 82.0 cm³/mol. The third kappa shape index (κ3) is 4.79. The van der Waals surface area contributed by atoms with Gasteiger partial charge in [-0.1, -0.05) is 18.2 Å². The number of nitrogens with two attached hydrogens (primary N) is 1. The van der Waals surface area contributed by atoms with E-state index >= 15 is 0 Å². The lowest BCUT2D eigenvalue weighted by Gasteiger charge is -2.18. The van der Waals surface area contributed by atoms with Gasteiger partial charge in [-0.15, -0.1) is 0 Å². The number of nitrogens with one attached hydrogen (secondary N) is 1. The summed E-state index contributed by atoms with van der Waals surface area (Å²) in [7, 11) is 0. The van der Waals surface area contributed by atoms with Crippen LogP contribution in [0.3, 0.4) is 0 Å². The van der Waals surface area contributed by atoms with Crippen LogP contribution in [0.25, 0.3) is 0 Å². The zero-order chi connectivity index (χ0) is 18.6. The Kier molecular flexibility index (Phi) is 5.41. The molecule has 2 rings (SSSR count). The van der Waals surface area contributed by atoms with E-state index in [2.05, 4.69) is 5.32 Å². The number of primary amides is 1. The second-order valence-electron chi connectivity index (χ2n) is 5.29. The molecule has 0 aliphatic rings. The lowest BCUT2D eigenvalue weighted by molar-refractivity contribution is -0.138. The van der Waals surface area contributed by atoms with E-state index in [1.807, 2.05) is 0 Å². The molecule has 0 radical (unpaired) electrons. The van der Waals surface area contributed by atoms with Gasteiger partial charge in [0.05, 0.1) is 5.56 Å². The lowest BCUT2D eigenvalue weighted by atomic mass is 9.99. The fourth-order valence-corrected chi connectivity index (χ4v) is 2.26. The predicted octanol–water partition coefficient (Wildman–Crippen LogP) is 2.67. The van der Waals surface area contributed by atoms with Crippen LogP contribution >= 0.6 is 0 Å². The summed E-state index contributed by atoms with van der Waals surface area (Å²) < 4.78 is 52.0. The maximum atomic E-state index is 13.0. The normalized spacial score (nSPS) is 12.5. The number of halogens is 4. The van der Waals surface area contributed by atoms with E-state index in [-0.39, 0.29) is 11.1 Å². The van der Waals surface area contributed by atoms with Gasteiger partial charge >= 0.3 is 6.18 Å². The first-order valence-corrected chi connectivity index (χ1v) is 7.19. The summed E-state index contributed by atoms with van der Waals surface area (Å²) in [5.74, 6) is -2.28. The zero-order valence-electron chi connectivity index (χ0n) is 12.8. The molecule has 0 fully saturated rings. The van der Waals surface area contributed by atoms with Crippen LogP contribution < -0.4 is 11.1 Å². The van der Waals surface area contributed by atoms with E-state index in [0.717, 1.165) is 18.2 Å². The summed E-state index contributed by atoms with van der Waals surface area (Å²) in [5.41, 5.74) is 4.18. The Morgan fingerprint density at radius 1 is 1.04 bits per heavy atom. The lowest BCUT2D eigenvalue weighted by Crippen LogP contribution is -2.46. The Hall–Kier alpha value is -2.90. The van der Waals surface area contributed by atoms with Crippen molar-refractivity contribution < 1.29 is 27.2 Å². The van der Waals surface area contributed by atoms with Crippen LogP contribution in [0.15, 0.2) is 48.5 Å². The number of hydrogen-bond donors (Lipinski definition) is 2. The number of amides is 2. The molecule has 3 N–H and O–H groups in total. The van der Waals surface area contributed by atoms with E-state index in [1.54, 1.807) is 0 Å². The monoisotopic (exact) mass is 354 g/mol. The summed E-state index contributed by atoms with van der Waals surface area (Å²) in [6.07, 6.45) is -5.02. The molecule has 25 heavy (non-hydrogen) atoms. The number of hydrogen-bond acceptors (Lipinski definition) is 2. The second kappa shape index (κ2) is 7.33. The van der Waals surface area contributed by atoms with Gasteiger partial charge < -0.3 is 11.1 Å². The van der Waals surface area contributed by atoms with E-state index < -0.39 is 41.8 Å². The summed E-state index contributed by atoms with van der Waals surface area (Å²) in [4.78, 5) is 23.6. The maximum Gasteiger partial charge on any atom is 0.416 e. The van der Waals surface area contributed by atoms with Gasteiger partial charge in [0, 0.05) is 12.0 Å². The van der Waals surface area contributed by atoms with Gasteiger partial charge in [0.2, 0.25) is 5.91 Å². The second-order valence-corrected chi connectivity index (χ2v) is 5.29. The third-order valence-corrected chi connectivity index (χ3v) is 3.50. The maximum absolute atomic E-state index is 13.0. The van der Waals surface area contributed by atoms with Crippen LogP contribution in [-0.2, 0) is 17.4 Å². The van der Waals surface area contributed by atoms with Gasteiger partial charge in [-0.05, 0) is 35.9 Å². The van der Waals surface area contributed by atoms with Crippen molar-refractivity contribution in [2.45, 2.75) is 18.6 Å². The molecule has 2 aromatic rings. The fourth-order valence-electron chi connectivity index (χ4n) is 2.26. The molecule has 132 valence electrons. The SMILES string of the molecule is NC(=O)[C@@H](Cc1ccccc1C(F)(F)F)NC(=O)c1ccc(F)cc1. The standard InChI is InChI=1S/C17H14F4N2O2/c18-12-7-5-10(6-8-12)16(25)23-14(15(22)24)9-11-3-1-2-4-13(11)17(19,20)21/h1-8,14H,9H2,(H2,22,24)(H,23,25)/t14-/m1/s1. The van der Waals surface area contributed by atoms with Crippen molar-refractivity contribution in [1.29, 1.82) is 0 Å². The Morgan fingerprint density at radius 3 is 2.20 bits per heavy atom. The van der Waals surface area contributed by atoms with Crippen LogP contribution in [0.4, 0.5) is 17.6 Å². The van der Waals surface area contributed by atoms with E-state index in [4.69, 9.17) is 5.73 Å². The van der Waals surface area contributed by atoms with Crippen LogP contribution in [0.2, 0.25) is 0 Å². The molecule has 0 spiro atoms. The first-order chi connectivity index (χ1) is 11.7. The molecule has 8 heteroatoms. The van der Waals surface area contributed by atoms with E-state index in [0.29, 0.717) is 0 Å². The molecule has 2 aromatic carbocycles. The summed E-state index contributed by atoms with van der Waals surface area (Å²) in [5, 5.41) is 2.28. The molecule has 0 heterocycles.